The van der Waals surface area contributed by atoms with Crippen molar-refractivity contribution in [2.24, 2.45) is 0 Å². The minimum atomic E-state index is -0.0105. The summed E-state index contributed by atoms with van der Waals surface area (Å²) in [5.41, 5.74) is 1.19. The SMILES string of the molecule is Oc1c(Cl)cc(Cl)cc1CCc1cc(Cl)cc(Cl)c1O. The minimum absolute atomic E-state index is 0.0105. The topological polar surface area (TPSA) is 40.5 Å². The van der Waals surface area contributed by atoms with E-state index in [-0.39, 0.29) is 21.5 Å². The van der Waals surface area contributed by atoms with Crippen LogP contribution in [-0.2, 0) is 12.8 Å². The van der Waals surface area contributed by atoms with Gasteiger partial charge in [-0.05, 0) is 48.2 Å². The zero-order chi connectivity index (χ0) is 14.9. The number of halogens is 4. The standard InChI is InChI=1S/C14H10Cl4O2/c15-9-3-7(13(19)11(17)5-9)1-2-8-4-10(16)6-12(18)14(8)20/h3-6,19-20H,1-2H2. The van der Waals surface area contributed by atoms with E-state index in [1.54, 1.807) is 12.1 Å². The first-order chi connectivity index (χ1) is 9.38. The van der Waals surface area contributed by atoms with Crippen molar-refractivity contribution in [1.29, 1.82) is 0 Å². The maximum absolute atomic E-state index is 9.87. The number of rotatable bonds is 3. The van der Waals surface area contributed by atoms with Crippen LogP contribution in [0.1, 0.15) is 11.1 Å². The van der Waals surface area contributed by atoms with Crippen molar-refractivity contribution in [2.45, 2.75) is 12.8 Å². The molecule has 20 heavy (non-hydrogen) atoms. The van der Waals surface area contributed by atoms with Crippen molar-refractivity contribution < 1.29 is 10.2 Å². The minimum Gasteiger partial charge on any atom is -0.506 e. The number of phenols is 2. The van der Waals surface area contributed by atoms with Crippen LogP contribution in [0.2, 0.25) is 20.1 Å². The van der Waals surface area contributed by atoms with E-state index in [9.17, 15) is 10.2 Å². The molecule has 0 bridgehead atoms. The van der Waals surface area contributed by atoms with Crippen LogP contribution in [0.15, 0.2) is 24.3 Å². The zero-order valence-corrected chi connectivity index (χ0v) is 13.2. The monoisotopic (exact) mass is 350 g/mol. The average molecular weight is 352 g/mol. The molecule has 0 spiro atoms. The number of hydrogen-bond acceptors (Lipinski definition) is 2. The van der Waals surface area contributed by atoms with E-state index in [4.69, 9.17) is 46.4 Å². The fourth-order valence-electron chi connectivity index (χ4n) is 1.89. The van der Waals surface area contributed by atoms with Crippen molar-refractivity contribution in [3.8, 4) is 11.5 Å². The largest absolute Gasteiger partial charge is 0.506 e. The molecule has 0 fully saturated rings. The molecule has 0 saturated heterocycles. The molecule has 106 valence electrons. The van der Waals surface area contributed by atoms with Gasteiger partial charge in [-0.25, -0.2) is 0 Å². The van der Waals surface area contributed by atoms with Gasteiger partial charge in [-0.3, -0.25) is 0 Å². The van der Waals surface area contributed by atoms with Crippen molar-refractivity contribution in [3.05, 3.63) is 55.5 Å². The Hall–Kier alpha value is -0.800. The third kappa shape index (κ3) is 3.44. The van der Waals surface area contributed by atoms with Gasteiger partial charge in [0, 0.05) is 10.0 Å². The first-order valence-electron chi connectivity index (χ1n) is 5.72. The van der Waals surface area contributed by atoms with E-state index < -0.39 is 0 Å². The lowest BCUT2D eigenvalue weighted by Gasteiger charge is -2.09. The molecule has 2 rings (SSSR count). The van der Waals surface area contributed by atoms with Crippen LogP contribution >= 0.6 is 46.4 Å². The van der Waals surface area contributed by atoms with Gasteiger partial charge >= 0.3 is 0 Å². The van der Waals surface area contributed by atoms with Gasteiger partial charge in [-0.15, -0.1) is 0 Å². The van der Waals surface area contributed by atoms with Gasteiger partial charge in [0.05, 0.1) is 10.0 Å². The second-order valence-corrected chi connectivity index (χ2v) is 5.98. The first kappa shape index (κ1) is 15.6. The maximum atomic E-state index is 9.87. The van der Waals surface area contributed by atoms with Crippen LogP contribution in [0.3, 0.4) is 0 Å². The molecule has 2 N–H and O–H groups in total. The Bertz CT molecular complexity index is 599. The van der Waals surface area contributed by atoms with Gasteiger partial charge in [0.2, 0.25) is 0 Å². The van der Waals surface area contributed by atoms with Gasteiger partial charge in [0.15, 0.2) is 0 Å². The molecule has 0 aliphatic rings. The van der Waals surface area contributed by atoms with Crippen molar-refractivity contribution in [3.63, 3.8) is 0 Å². The van der Waals surface area contributed by atoms with E-state index in [1.165, 1.54) is 12.1 Å². The summed E-state index contributed by atoms with van der Waals surface area (Å²) in [7, 11) is 0. The second-order valence-electron chi connectivity index (χ2n) is 4.29. The molecule has 0 radical (unpaired) electrons. The summed E-state index contributed by atoms with van der Waals surface area (Å²) in [5, 5.41) is 21.0. The van der Waals surface area contributed by atoms with Crippen molar-refractivity contribution in [2.75, 3.05) is 0 Å². The molecule has 0 heterocycles. The highest BCUT2D eigenvalue weighted by Gasteiger charge is 2.11. The lowest BCUT2D eigenvalue weighted by Crippen LogP contribution is -1.94. The smallest absolute Gasteiger partial charge is 0.137 e. The molecular formula is C14H10Cl4O2. The number of phenolic OH excluding ortho intramolecular Hbond substituents is 2. The normalized spacial score (nSPS) is 10.8. The molecule has 0 saturated carbocycles. The Morgan fingerprint density at radius 1 is 0.650 bits per heavy atom. The lowest BCUT2D eigenvalue weighted by atomic mass is 10.0. The highest BCUT2D eigenvalue weighted by Crippen LogP contribution is 2.35. The van der Waals surface area contributed by atoms with Crippen LogP contribution in [-0.4, -0.2) is 10.2 Å². The van der Waals surface area contributed by atoms with E-state index in [1.807, 2.05) is 0 Å². The Balaban J connectivity index is 2.26. The van der Waals surface area contributed by atoms with Gasteiger partial charge in [-0.2, -0.15) is 0 Å². The zero-order valence-electron chi connectivity index (χ0n) is 10.1. The number of aryl methyl sites for hydroxylation is 2. The summed E-state index contributed by atoms with van der Waals surface area (Å²) in [6.07, 6.45) is 0.882. The lowest BCUT2D eigenvalue weighted by molar-refractivity contribution is 0.462. The number of benzene rings is 2. The van der Waals surface area contributed by atoms with E-state index in [0.29, 0.717) is 34.0 Å². The molecule has 0 unspecified atom stereocenters. The summed E-state index contributed by atoms with van der Waals surface area (Å²) >= 11 is 23.5. The first-order valence-corrected chi connectivity index (χ1v) is 7.23. The predicted molar refractivity (Wildman–Crippen MR) is 83.7 cm³/mol. The van der Waals surface area contributed by atoms with Gasteiger partial charge in [0.1, 0.15) is 11.5 Å². The van der Waals surface area contributed by atoms with E-state index in [2.05, 4.69) is 0 Å². The number of hydrogen-bond donors (Lipinski definition) is 2. The molecule has 2 aromatic carbocycles. The van der Waals surface area contributed by atoms with Crippen molar-refractivity contribution in [1.82, 2.24) is 0 Å². The Morgan fingerprint density at radius 3 is 1.35 bits per heavy atom. The van der Waals surface area contributed by atoms with Gasteiger partial charge < -0.3 is 10.2 Å². The highest BCUT2D eigenvalue weighted by molar-refractivity contribution is 6.36. The fraction of sp³-hybridized carbons (Fsp3) is 0.143. The molecule has 0 aliphatic heterocycles. The van der Waals surface area contributed by atoms with Crippen LogP contribution in [0, 0.1) is 0 Å². The van der Waals surface area contributed by atoms with E-state index in [0.717, 1.165) is 0 Å². The Kier molecular flexibility index (Phi) is 4.92. The maximum Gasteiger partial charge on any atom is 0.137 e. The van der Waals surface area contributed by atoms with Crippen LogP contribution < -0.4 is 0 Å². The molecule has 2 nitrogen and oxygen atoms in total. The quantitative estimate of drug-likeness (QED) is 0.766. The third-order valence-electron chi connectivity index (χ3n) is 2.88. The molecule has 6 heteroatoms. The fourth-order valence-corrected chi connectivity index (χ4v) is 2.96. The van der Waals surface area contributed by atoms with Gasteiger partial charge in [-0.1, -0.05) is 46.4 Å². The molecule has 0 aliphatic carbocycles. The summed E-state index contributed by atoms with van der Waals surface area (Å²) < 4.78 is 0. The average Bonchev–Trinajstić information content (AvgIpc) is 2.37. The van der Waals surface area contributed by atoms with Crippen LogP contribution in [0.4, 0.5) is 0 Å². The molecular weight excluding hydrogens is 342 g/mol. The van der Waals surface area contributed by atoms with Crippen molar-refractivity contribution >= 4 is 46.4 Å². The molecule has 2 aromatic rings. The summed E-state index contributed by atoms with van der Waals surface area (Å²) in [4.78, 5) is 0. The molecule has 0 aromatic heterocycles. The summed E-state index contributed by atoms with van der Waals surface area (Å²) in [6, 6.07) is 6.20. The molecule has 0 atom stereocenters. The Labute approximate surface area is 136 Å². The predicted octanol–water partition coefficient (Wildman–Crippen LogP) is 5.50. The summed E-state index contributed by atoms with van der Waals surface area (Å²) in [5.74, 6) is -0.0210. The second kappa shape index (κ2) is 6.31. The number of aromatic hydroxyl groups is 2. The highest BCUT2D eigenvalue weighted by atomic mass is 35.5. The van der Waals surface area contributed by atoms with E-state index >= 15 is 0 Å². The third-order valence-corrected chi connectivity index (χ3v) is 3.89. The van der Waals surface area contributed by atoms with Gasteiger partial charge in [0.25, 0.3) is 0 Å². The Morgan fingerprint density at radius 2 is 1.00 bits per heavy atom. The molecule has 0 amide bonds. The summed E-state index contributed by atoms with van der Waals surface area (Å²) in [6.45, 7) is 0. The van der Waals surface area contributed by atoms with Crippen LogP contribution in [0.25, 0.3) is 0 Å². The van der Waals surface area contributed by atoms with Crippen LogP contribution in [0.5, 0.6) is 11.5 Å².